The average Bonchev–Trinajstić information content (AvgIpc) is 3.45. The molecule has 206 valence electrons. The lowest BCUT2D eigenvalue weighted by molar-refractivity contribution is -0.122. The lowest BCUT2D eigenvalue weighted by atomic mass is 9.90. The first-order chi connectivity index (χ1) is 19.9. The summed E-state index contributed by atoms with van der Waals surface area (Å²) in [5.74, 6) is -0.443. The molecule has 5 aromatic rings. The number of carbonyl (C=O) groups is 2. The molecule has 1 aliphatic heterocycles. The van der Waals surface area contributed by atoms with E-state index >= 15 is 0 Å². The zero-order valence-corrected chi connectivity index (χ0v) is 24.1. The number of para-hydroxylation sites is 1. The molecule has 0 saturated carbocycles. The number of aromatic nitrogens is 1. The second-order valence-corrected chi connectivity index (χ2v) is 11.2. The molecular formula is C35H32ClN3O2. The molecule has 3 unspecified atom stereocenters. The van der Waals surface area contributed by atoms with Crippen molar-refractivity contribution in [1.82, 2.24) is 9.47 Å². The van der Waals surface area contributed by atoms with Gasteiger partial charge in [0, 0.05) is 39.8 Å². The summed E-state index contributed by atoms with van der Waals surface area (Å²) in [6.07, 6.45) is 0.729. The molecule has 2 amide bonds. The molecule has 4 aromatic carbocycles. The van der Waals surface area contributed by atoms with Gasteiger partial charge in [0.1, 0.15) is 6.04 Å². The van der Waals surface area contributed by atoms with Gasteiger partial charge in [-0.2, -0.15) is 0 Å². The largest absolute Gasteiger partial charge is 0.343 e. The Balaban J connectivity index is 1.58. The van der Waals surface area contributed by atoms with Gasteiger partial charge in [-0.05, 0) is 53.4 Å². The molecule has 5 nitrogen and oxygen atoms in total. The number of nitrogens with zero attached hydrogens (tertiary/aromatic N) is 2. The second kappa shape index (κ2) is 10.9. The predicted octanol–water partition coefficient (Wildman–Crippen LogP) is 8.10. The van der Waals surface area contributed by atoms with Gasteiger partial charge in [0.15, 0.2) is 0 Å². The molecule has 0 bridgehead atoms. The van der Waals surface area contributed by atoms with Crippen molar-refractivity contribution >= 4 is 40.0 Å². The summed E-state index contributed by atoms with van der Waals surface area (Å²) >= 11 is 6.09. The fraction of sp³-hybridized carbons (Fsp3) is 0.200. The van der Waals surface area contributed by atoms with Crippen LogP contribution in [-0.2, 0) is 11.8 Å². The third-order valence-electron chi connectivity index (χ3n) is 8.33. The van der Waals surface area contributed by atoms with E-state index in [0.717, 1.165) is 39.7 Å². The highest BCUT2D eigenvalue weighted by atomic mass is 35.5. The molecule has 0 radical (unpaired) electrons. The lowest BCUT2D eigenvalue weighted by Gasteiger charge is -2.36. The van der Waals surface area contributed by atoms with Crippen molar-refractivity contribution in [3.8, 4) is 11.3 Å². The van der Waals surface area contributed by atoms with Crippen LogP contribution >= 0.6 is 11.6 Å². The van der Waals surface area contributed by atoms with Crippen LogP contribution in [0.4, 0.5) is 5.69 Å². The number of aryl methyl sites for hydroxylation is 1. The van der Waals surface area contributed by atoms with Crippen LogP contribution in [-0.4, -0.2) is 27.3 Å². The molecule has 0 aliphatic carbocycles. The Morgan fingerprint density at radius 3 is 2.29 bits per heavy atom. The quantitative estimate of drug-likeness (QED) is 0.218. The summed E-state index contributed by atoms with van der Waals surface area (Å²) in [5, 5.41) is 4.73. The van der Waals surface area contributed by atoms with Gasteiger partial charge >= 0.3 is 0 Å². The van der Waals surface area contributed by atoms with Gasteiger partial charge in [-0.15, -0.1) is 0 Å². The smallest absolute Gasteiger partial charge is 0.255 e. The number of hydrogen-bond donors (Lipinski definition) is 1. The number of anilines is 1. The number of nitrogens with one attached hydrogen (secondary N) is 1. The van der Waals surface area contributed by atoms with Crippen molar-refractivity contribution in [3.63, 3.8) is 0 Å². The average molecular weight is 562 g/mol. The zero-order chi connectivity index (χ0) is 28.7. The normalized spacial score (nSPS) is 16.0. The molecule has 2 heterocycles. The highest BCUT2D eigenvalue weighted by Crippen LogP contribution is 2.48. The van der Waals surface area contributed by atoms with Gasteiger partial charge in [0.25, 0.3) is 5.91 Å². The maximum atomic E-state index is 14.4. The highest BCUT2D eigenvalue weighted by molar-refractivity contribution is 6.30. The Bertz CT molecular complexity index is 1740. The van der Waals surface area contributed by atoms with Crippen molar-refractivity contribution in [2.24, 2.45) is 13.0 Å². The number of amides is 2. The Kier molecular flexibility index (Phi) is 7.14. The van der Waals surface area contributed by atoms with Gasteiger partial charge in [-0.3, -0.25) is 9.59 Å². The second-order valence-electron chi connectivity index (χ2n) is 10.7. The molecule has 0 spiro atoms. The van der Waals surface area contributed by atoms with E-state index in [0.29, 0.717) is 16.3 Å². The molecule has 6 rings (SSSR count). The van der Waals surface area contributed by atoms with Crippen molar-refractivity contribution in [2.75, 3.05) is 5.32 Å². The van der Waals surface area contributed by atoms with E-state index in [1.807, 2.05) is 66.4 Å². The first kappa shape index (κ1) is 26.9. The van der Waals surface area contributed by atoms with Gasteiger partial charge < -0.3 is 14.8 Å². The fourth-order valence-electron chi connectivity index (χ4n) is 6.19. The monoisotopic (exact) mass is 561 g/mol. The predicted molar refractivity (Wildman–Crippen MR) is 166 cm³/mol. The lowest BCUT2D eigenvalue weighted by Crippen LogP contribution is -2.50. The van der Waals surface area contributed by atoms with Crippen molar-refractivity contribution in [2.45, 2.75) is 32.4 Å². The van der Waals surface area contributed by atoms with E-state index in [1.165, 1.54) is 0 Å². The first-order valence-electron chi connectivity index (χ1n) is 14.0. The van der Waals surface area contributed by atoms with Crippen LogP contribution < -0.4 is 5.32 Å². The van der Waals surface area contributed by atoms with Crippen molar-refractivity contribution < 1.29 is 9.59 Å². The minimum atomic E-state index is -0.705. The van der Waals surface area contributed by atoms with E-state index < -0.39 is 12.1 Å². The van der Waals surface area contributed by atoms with E-state index in [9.17, 15) is 9.59 Å². The summed E-state index contributed by atoms with van der Waals surface area (Å²) in [6, 6.07) is 32.2. The van der Waals surface area contributed by atoms with E-state index in [2.05, 4.69) is 48.1 Å². The topological polar surface area (TPSA) is 54.3 Å². The van der Waals surface area contributed by atoms with Gasteiger partial charge in [0.05, 0.1) is 11.7 Å². The van der Waals surface area contributed by atoms with E-state index in [4.69, 9.17) is 11.6 Å². The number of halogens is 1. The number of benzene rings is 4. The molecule has 1 N–H and O–H groups in total. The highest BCUT2D eigenvalue weighted by Gasteiger charge is 2.47. The summed E-state index contributed by atoms with van der Waals surface area (Å²) in [4.78, 5) is 30.3. The van der Waals surface area contributed by atoms with Crippen LogP contribution in [0.25, 0.3) is 22.2 Å². The first-order valence-corrected chi connectivity index (χ1v) is 14.4. The summed E-state index contributed by atoms with van der Waals surface area (Å²) in [5.41, 5.74) is 6.39. The van der Waals surface area contributed by atoms with Crippen LogP contribution in [0.3, 0.4) is 0 Å². The molecule has 6 heteroatoms. The van der Waals surface area contributed by atoms with Crippen molar-refractivity contribution in [1.29, 1.82) is 0 Å². The zero-order valence-electron chi connectivity index (χ0n) is 23.3. The standard InChI is InChI=1S/C35H32ClN3O2/c1-4-22(2)31(34(40)37-25-20-18-24(36)19-21-25)39-33(26-14-8-9-15-27(26)35(39)41)30-28-16-10-11-17-29(28)38(3)32(30)23-12-6-5-7-13-23/h5-22,31,33H,4H2,1-3H3,(H,37,40). The van der Waals surface area contributed by atoms with Gasteiger partial charge in [-0.1, -0.05) is 98.6 Å². The van der Waals surface area contributed by atoms with Crippen molar-refractivity contribution in [3.05, 3.63) is 125 Å². The van der Waals surface area contributed by atoms with Crippen LogP contribution in [0.2, 0.25) is 5.02 Å². The maximum Gasteiger partial charge on any atom is 0.255 e. The fourth-order valence-corrected chi connectivity index (χ4v) is 6.32. The van der Waals surface area contributed by atoms with Crippen LogP contribution in [0, 0.1) is 5.92 Å². The molecule has 0 saturated heterocycles. The van der Waals surface area contributed by atoms with Gasteiger partial charge in [-0.25, -0.2) is 0 Å². The van der Waals surface area contributed by atoms with Crippen LogP contribution in [0.15, 0.2) is 103 Å². The Morgan fingerprint density at radius 1 is 0.902 bits per heavy atom. The summed E-state index contributed by atoms with van der Waals surface area (Å²) < 4.78 is 2.20. The minimum Gasteiger partial charge on any atom is -0.343 e. The Morgan fingerprint density at radius 2 is 1.56 bits per heavy atom. The molecule has 1 aliphatic rings. The van der Waals surface area contributed by atoms with E-state index in [1.54, 1.807) is 24.3 Å². The van der Waals surface area contributed by atoms with E-state index in [-0.39, 0.29) is 17.7 Å². The molecule has 0 fully saturated rings. The molecule has 41 heavy (non-hydrogen) atoms. The Hall–Kier alpha value is -4.35. The minimum absolute atomic E-state index is 0.0989. The summed E-state index contributed by atoms with van der Waals surface area (Å²) in [6.45, 7) is 4.10. The Labute approximate surface area is 245 Å². The van der Waals surface area contributed by atoms with Crippen LogP contribution in [0.1, 0.15) is 47.8 Å². The SMILES string of the molecule is CCC(C)C(C(=O)Nc1ccc(Cl)cc1)N1C(=O)c2ccccc2C1c1c(-c2ccccc2)n(C)c2ccccc12. The molecular weight excluding hydrogens is 530 g/mol. The van der Waals surface area contributed by atoms with Gasteiger partial charge in [0.2, 0.25) is 5.91 Å². The maximum absolute atomic E-state index is 14.4. The third-order valence-corrected chi connectivity index (χ3v) is 8.58. The molecule has 1 aromatic heterocycles. The number of hydrogen-bond acceptors (Lipinski definition) is 2. The number of carbonyl (C=O) groups excluding carboxylic acids is 2. The third kappa shape index (κ3) is 4.60. The number of fused-ring (bicyclic) bond motifs is 2. The molecule has 3 atom stereocenters. The number of rotatable bonds is 7. The van der Waals surface area contributed by atoms with Crippen LogP contribution in [0.5, 0.6) is 0 Å². The summed E-state index contributed by atoms with van der Waals surface area (Å²) in [7, 11) is 2.07.